The van der Waals surface area contributed by atoms with E-state index in [9.17, 15) is 0 Å². The summed E-state index contributed by atoms with van der Waals surface area (Å²) in [5, 5.41) is 4.52. The number of hydrogen-bond donors (Lipinski definition) is 0. The fourth-order valence-electron chi connectivity index (χ4n) is 12.3. The average molecular weight is 710 g/mol. The monoisotopic (exact) mass is 709 g/mol. The van der Waals surface area contributed by atoms with Crippen molar-refractivity contribution in [2.24, 2.45) is 23.7 Å². The second-order valence-electron chi connectivity index (χ2n) is 16.9. The van der Waals surface area contributed by atoms with Crippen molar-refractivity contribution < 1.29 is 8.83 Å². The Bertz CT molecular complexity index is 2880. The van der Waals surface area contributed by atoms with Gasteiger partial charge in [-0.25, -0.2) is 0 Å². The van der Waals surface area contributed by atoms with E-state index in [0.29, 0.717) is 0 Å². The summed E-state index contributed by atoms with van der Waals surface area (Å²) >= 11 is 0. The number of fused-ring (bicyclic) bond motifs is 9. The van der Waals surface area contributed by atoms with Crippen LogP contribution in [-0.4, -0.2) is 0 Å². The molecule has 55 heavy (non-hydrogen) atoms. The topological polar surface area (TPSA) is 29.5 Å². The van der Waals surface area contributed by atoms with E-state index in [-0.39, 0.29) is 5.41 Å². The molecule has 5 aliphatic carbocycles. The maximum atomic E-state index is 6.40. The lowest BCUT2D eigenvalue weighted by Gasteiger charge is -2.61. The first-order valence-electron chi connectivity index (χ1n) is 20.2. The number of furan rings is 2. The molecular formula is C52H39NO2. The van der Waals surface area contributed by atoms with Crippen molar-refractivity contribution in [2.45, 2.75) is 37.5 Å². The van der Waals surface area contributed by atoms with Gasteiger partial charge in [0.05, 0.1) is 0 Å². The molecule has 0 aliphatic heterocycles. The number of nitrogens with zero attached hydrogens (tertiary/aromatic N) is 1. The van der Waals surface area contributed by atoms with E-state index >= 15 is 0 Å². The maximum absolute atomic E-state index is 6.40. The van der Waals surface area contributed by atoms with Gasteiger partial charge in [0.1, 0.15) is 22.3 Å². The van der Waals surface area contributed by atoms with Crippen molar-refractivity contribution in [3.63, 3.8) is 0 Å². The molecule has 0 N–H and O–H groups in total. The summed E-state index contributed by atoms with van der Waals surface area (Å²) in [7, 11) is 0. The molecule has 7 aromatic carbocycles. The molecule has 5 aliphatic rings. The molecule has 0 unspecified atom stereocenters. The molecule has 3 heteroatoms. The lowest BCUT2D eigenvalue weighted by molar-refractivity contribution is -0.0399. The normalized spacial score (nSPS) is 23.3. The Labute approximate surface area is 319 Å². The van der Waals surface area contributed by atoms with Gasteiger partial charge in [-0.2, -0.15) is 0 Å². The fourth-order valence-corrected chi connectivity index (χ4v) is 12.3. The summed E-state index contributed by atoms with van der Waals surface area (Å²) in [6.45, 7) is 0. The van der Waals surface area contributed by atoms with E-state index in [1.54, 1.807) is 11.1 Å². The van der Waals surface area contributed by atoms with Crippen LogP contribution in [0.25, 0.3) is 66.1 Å². The Morgan fingerprint density at radius 2 is 0.909 bits per heavy atom. The van der Waals surface area contributed by atoms with Gasteiger partial charge in [-0.15, -0.1) is 0 Å². The van der Waals surface area contributed by atoms with Crippen LogP contribution >= 0.6 is 0 Å². The molecule has 4 saturated carbocycles. The van der Waals surface area contributed by atoms with Gasteiger partial charge in [0, 0.05) is 56.2 Å². The lowest BCUT2D eigenvalue weighted by atomic mass is 9.43. The lowest BCUT2D eigenvalue weighted by Crippen LogP contribution is -2.55. The Morgan fingerprint density at radius 3 is 1.55 bits per heavy atom. The number of anilines is 3. The van der Waals surface area contributed by atoms with Crippen molar-refractivity contribution in [3.05, 3.63) is 163 Å². The standard InChI is InChI=1S/C52H39NO2/c1-4-10-46-40(7-1)41-20-15-34(28-47(41)52(46)35-24-31-23-32(26-35)27-36(52)25-31)33-13-16-37(17-14-33)53(38-18-21-44-42-8-2-5-11-48(42)54-50(44)29-38)39-19-22-45-43-9-3-6-12-49(43)55-51(45)30-39/h1-22,28-32,35-36H,23-27H2. The Kier molecular flexibility index (Phi) is 6.06. The Hall–Kier alpha value is -6.06. The smallest absolute Gasteiger partial charge is 0.137 e. The summed E-state index contributed by atoms with van der Waals surface area (Å²) < 4.78 is 12.8. The van der Waals surface area contributed by atoms with Gasteiger partial charge in [-0.1, -0.05) is 84.9 Å². The third-order valence-corrected chi connectivity index (χ3v) is 14.3. The molecular weight excluding hydrogens is 671 g/mol. The van der Waals surface area contributed by atoms with Crippen molar-refractivity contribution in [1.29, 1.82) is 0 Å². The fraction of sp³-hybridized carbons (Fsp3) is 0.192. The quantitative estimate of drug-likeness (QED) is 0.182. The zero-order valence-corrected chi connectivity index (χ0v) is 30.5. The van der Waals surface area contributed by atoms with Gasteiger partial charge in [0.15, 0.2) is 0 Å². The molecule has 0 atom stereocenters. The van der Waals surface area contributed by atoms with Crippen LogP contribution < -0.4 is 4.90 Å². The van der Waals surface area contributed by atoms with Gasteiger partial charge in [-0.05, 0) is 144 Å². The largest absolute Gasteiger partial charge is 0.456 e. The molecule has 3 nitrogen and oxygen atoms in total. The van der Waals surface area contributed by atoms with Gasteiger partial charge in [-0.3, -0.25) is 0 Å². The molecule has 14 rings (SSSR count). The van der Waals surface area contributed by atoms with Crippen LogP contribution in [0.2, 0.25) is 0 Å². The maximum Gasteiger partial charge on any atom is 0.137 e. The Balaban J connectivity index is 0.936. The van der Waals surface area contributed by atoms with E-state index in [1.165, 1.54) is 54.4 Å². The first-order chi connectivity index (χ1) is 27.2. The SMILES string of the molecule is c1ccc2c(c1)-c1ccc(-c3ccc(N(c4ccc5c(c4)oc4ccccc45)c4ccc5c(c4)oc4ccccc45)cc3)cc1C21C2CC3CC(C2)CC1C3. The molecule has 2 aromatic heterocycles. The van der Waals surface area contributed by atoms with Crippen molar-refractivity contribution in [2.75, 3.05) is 4.90 Å². The highest BCUT2D eigenvalue weighted by Crippen LogP contribution is 2.69. The van der Waals surface area contributed by atoms with E-state index in [4.69, 9.17) is 8.83 Å². The number of hydrogen-bond acceptors (Lipinski definition) is 3. The number of benzene rings is 7. The van der Waals surface area contributed by atoms with Crippen LogP contribution in [-0.2, 0) is 5.41 Å². The minimum atomic E-state index is 0.163. The molecule has 1 spiro atoms. The number of rotatable bonds is 4. The third-order valence-electron chi connectivity index (χ3n) is 14.3. The van der Waals surface area contributed by atoms with Gasteiger partial charge < -0.3 is 13.7 Å². The predicted octanol–water partition coefficient (Wildman–Crippen LogP) is 14.3. The summed E-state index contributed by atoms with van der Waals surface area (Å²) in [6.07, 6.45) is 7.06. The summed E-state index contributed by atoms with van der Waals surface area (Å²) in [5.74, 6) is 3.38. The number of para-hydroxylation sites is 2. The molecule has 4 fully saturated rings. The van der Waals surface area contributed by atoms with Gasteiger partial charge >= 0.3 is 0 Å². The zero-order valence-electron chi connectivity index (χ0n) is 30.5. The first kappa shape index (κ1) is 30.3. The minimum Gasteiger partial charge on any atom is -0.456 e. The van der Waals surface area contributed by atoms with Gasteiger partial charge in [0.25, 0.3) is 0 Å². The highest BCUT2D eigenvalue weighted by Gasteiger charge is 2.61. The molecule has 264 valence electrons. The van der Waals surface area contributed by atoms with Crippen LogP contribution in [0.4, 0.5) is 17.1 Å². The summed E-state index contributed by atoms with van der Waals surface area (Å²) in [5.41, 5.74) is 15.6. The molecule has 4 bridgehead atoms. The highest BCUT2D eigenvalue weighted by atomic mass is 16.3. The second-order valence-corrected chi connectivity index (χ2v) is 16.9. The average Bonchev–Trinajstić information content (AvgIpc) is 3.88. The van der Waals surface area contributed by atoms with Gasteiger partial charge in [0.2, 0.25) is 0 Å². The van der Waals surface area contributed by atoms with Crippen molar-refractivity contribution >= 4 is 60.9 Å². The highest BCUT2D eigenvalue weighted by molar-refractivity contribution is 6.07. The van der Waals surface area contributed by atoms with E-state index in [2.05, 4.69) is 132 Å². The van der Waals surface area contributed by atoms with E-state index < -0.39 is 0 Å². The van der Waals surface area contributed by atoms with Crippen LogP contribution in [0.15, 0.2) is 160 Å². The van der Waals surface area contributed by atoms with Crippen LogP contribution in [0.1, 0.15) is 43.2 Å². The molecule has 0 saturated heterocycles. The van der Waals surface area contributed by atoms with Crippen LogP contribution in [0.5, 0.6) is 0 Å². The van der Waals surface area contributed by atoms with Crippen molar-refractivity contribution in [3.8, 4) is 22.3 Å². The summed E-state index contributed by atoms with van der Waals surface area (Å²) in [6, 6.07) is 55.7. The summed E-state index contributed by atoms with van der Waals surface area (Å²) in [4.78, 5) is 2.33. The predicted molar refractivity (Wildman–Crippen MR) is 224 cm³/mol. The van der Waals surface area contributed by atoms with Crippen LogP contribution in [0.3, 0.4) is 0 Å². The molecule has 0 radical (unpaired) electrons. The van der Waals surface area contributed by atoms with E-state index in [1.807, 2.05) is 24.3 Å². The molecule has 2 heterocycles. The minimum absolute atomic E-state index is 0.163. The zero-order chi connectivity index (χ0) is 35.8. The third kappa shape index (κ3) is 4.16. The van der Waals surface area contributed by atoms with Crippen molar-refractivity contribution in [1.82, 2.24) is 0 Å². The molecule has 9 aromatic rings. The molecule has 0 amide bonds. The Morgan fingerprint density at radius 1 is 0.400 bits per heavy atom. The second kappa shape index (κ2) is 11.0. The first-order valence-corrected chi connectivity index (χ1v) is 20.2. The van der Waals surface area contributed by atoms with E-state index in [0.717, 1.165) is 84.6 Å². The van der Waals surface area contributed by atoms with Crippen LogP contribution in [0, 0.1) is 23.7 Å².